The molecule has 0 spiro atoms. The Hall–Kier alpha value is -1.64. The minimum Gasteiger partial charge on any atom is -0.481 e. The molecule has 0 saturated heterocycles. The molecule has 2 atom stereocenters. The minimum absolute atomic E-state index is 0.0432. The molecule has 0 aliphatic rings. The topological polar surface area (TPSA) is 54.4 Å². The summed E-state index contributed by atoms with van der Waals surface area (Å²) in [5, 5.41) is 8.95. The summed E-state index contributed by atoms with van der Waals surface area (Å²) in [5.41, 5.74) is 1.78. The van der Waals surface area contributed by atoms with E-state index in [1.165, 1.54) is 0 Å². The second-order valence-corrected chi connectivity index (χ2v) is 6.11. The Bertz CT molecular complexity index is 466. The van der Waals surface area contributed by atoms with Gasteiger partial charge in [-0.15, -0.1) is 0 Å². The van der Waals surface area contributed by atoms with Crippen LogP contribution < -0.4 is 0 Å². The maximum atomic E-state index is 12.2. The summed E-state index contributed by atoms with van der Waals surface area (Å²) in [6.07, 6.45) is 0. The maximum Gasteiger partial charge on any atom is 0.306 e. The first kappa shape index (κ1) is 15.4. The molecule has 1 aromatic carbocycles. The summed E-state index contributed by atoms with van der Waals surface area (Å²) in [7, 11) is 0. The summed E-state index contributed by atoms with van der Waals surface area (Å²) in [6.45, 7) is 9.56. The van der Waals surface area contributed by atoms with Gasteiger partial charge in [-0.1, -0.05) is 58.9 Å². The van der Waals surface area contributed by atoms with Gasteiger partial charge >= 0.3 is 5.97 Å². The van der Waals surface area contributed by atoms with Crippen molar-refractivity contribution in [2.75, 3.05) is 0 Å². The lowest BCUT2D eigenvalue weighted by Crippen LogP contribution is -2.25. The highest BCUT2D eigenvalue weighted by Crippen LogP contribution is 2.24. The Labute approximate surface area is 114 Å². The van der Waals surface area contributed by atoms with E-state index in [2.05, 4.69) is 20.8 Å². The van der Waals surface area contributed by atoms with Gasteiger partial charge in [-0.3, -0.25) is 9.59 Å². The fourth-order valence-electron chi connectivity index (χ4n) is 1.84. The number of benzene rings is 1. The van der Waals surface area contributed by atoms with Crippen LogP contribution in [0.4, 0.5) is 0 Å². The summed E-state index contributed by atoms with van der Waals surface area (Å²) >= 11 is 0. The molecule has 0 amide bonds. The third-order valence-electron chi connectivity index (χ3n) is 3.59. The van der Waals surface area contributed by atoms with Crippen molar-refractivity contribution in [1.29, 1.82) is 0 Å². The fourth-order valence-corrected chi connectivity index (χ4v) is 1.84. The molecule has 0 fully saturated rings. The normalized spacial score (nSPS) is 14.8. The highest BCUT2D eigenvalue weighted by atomic mass is 16.4. The number of ketones is 1. The third kappa shape index (κ3) is 3.66. The number of carbonyl (C=O) groups excluding carboxylic acids is 1. The van der Waals surface area contributed by atoms with Gasteiger partial charge in [-0.25, -0.2) is 0 Å². The SMILES string of the molecule is CC(C(=O)O)C(C)C(=O)c1ccc(C(C)(C)C)cc1. The lowest BCUT2D eigenvalue weighted by atomic mass is 9.84. The van der Waals surface area contributed by atoms with Crippen molar-refractivity contribution in [3.63, 3.8) is 0 Å². The molecule has 0 saturated carbocycles. The molecule has 1 aromatic rings. The van der Waals surface area contributed by atoms with Crippen LogP contribution in [0, 0.1) is 11.8 Å². The van der Waals surface area contributed by atoms with Gasteiger partial charge < -0.3 is 5.11 Å². The first-order valence-corrected chi connectivity index (χ1v) is 6.52. The lowest BCUT2D eigenvalue weighted by Gasteiger charge is -2.20. The average Bonchev–Trinajstić information content (AvgIpc) is 2.35. The molecule has 0 radical (unpaired) electrons. The smallest absolute Gasteiger partial charge is 0.306 e. The summed E-state index contributed by atoms with van der Waals surface area (Å²) in [6, 6.07) is 7.44. The molecule has 2 unspecified atom stereocenters. The Morgan fingerprint density at radius 2 is 1.47 bits per heavy atom. The van der Waals surface area contributed by atoms with Gasteiger partial charge in [-0.05, 0) is 11.0 Å². The van der Waals surface area contributed by atoms with Crippen molar-refractivity contribution in [3.8, 4) is 0 Å². The molecule has 0 aliphatic carbocycles. The van der Waals surface area contributed by atoms with Gasteiger partial charge in [0.1, 0.15) is 0 Å². The van der Waals surface area contributed by atoms with Crippen molar-refractivity contribution >= 4 is 11.8 Å². The molecule has 1 N–H and O–H groups in total. The van der Waals surface area contributed by atoms with Gasteiger partial charge in [0, 0.05) is 11.5 Å². The zero-order valence-electron chi connectivity index (χ0n) is 12.2. The molecule has 0 aromatic heterocycles. The van der Waals surface area contributed by atoms with Crippen LogP contribution in [0.1, 0.15) is 50.5 Å². The van der Waals surface area contributed by atoms with E-state index < -0.39 is 17.8 Å². The number of hydrogen-bond acceptors (Lipinski definition) is 2. The predicted molar refractivity (Wildman–Crippen MR) is 75.4 cm³/mol. The molecule has 19 heavy (non-hydrogen) atoms. The fraction of sp³-hybridized carbons (Fsp3) is 0.500. The minimum atomic E-state index is -0.938. The van der Waals surface area contributed by atoms with E-state index in [0.29, 0.717) is 5.56 Å². The molecular formula is C16H22O3. The van der Waals surface area contributed by atoms with Crippen LogP contribution in [0.15, 0.2) is 24.3 Å². The van der Waals surface area contributed by atoms with Crippen LogP contribution in [-0.4, -0.2) is 16.9 Å². The second-order valence-electron chi connectivity index (χ2n) is 6.11. The number of carboxylic acids is 1. The van der Waals surface area contributed by atoms with Crippen molar-refractivity contribution in [2.24, 2.45) is 11.8 Å². The van der Waals surface area contributed by atoms with E-state index >= 15 is 0 Å². The number of aliphatic carboxylic acids is 1. The summed E-state index contributed by atoms with van der Waals surface area (Å²) < 4.78 is 0. The molecular weight excluding hydrogens is 240 g/mol. The van der Waals surface area contributed by atoms with E-state index in [-0.39, 0.29) is 11.2 Å². The molecule has 3 heteroatoms. The van der Waals surface area contributed by atoms with Gasteiger partial charge in [0.2, 0.25) is 0 Å². The molecule has 1 rings (SSSR count). The zero-order chi connectivity index (χ0) is 14.8. The van der Waals surface area contributed by atoms with E-state index in [1.54, 1.807) is 26.0 Å². The highest BCUT2D eigenvalue weighted by Gasteiger charge is 2.26. The largest absolute Gasteiger partial charge is 0.481 e. The number of Topliss-reactive ketones (excluding diaryl/α,β-unsaturated/α-hetero) is 1. The van der Waals surface area contributed by atoms with Crippen LogP contribution >= 0.6 is 0 Å². The third-order valence-corrected chi connectivity index (χ3v) is 3.59. The second kappa shape index (κ2) is 5.55. The monoisotopic (exact) mass is 262 g/mol. The Morgan fingerprint density at radius 1 is 1.00 bits per heavy atom. The Kier molecular flexibility index (Phi) is 4.51. The molecule has 0 heterocycles. The van der Waals surface area contributed by atoms with Crippen LogP contribution in [0.2, 0.25) is 0 Å². The van der Waals surface area contributed by atoms with Crippen LogP contribution in [0.3, 0.4) is 0 Å². The number of hydrogen-bond donors (Lipinski definition) is 1. The van der Waals surface area contributed by atoms with Crippen LogP contribution in [-0.2, 0) is 10.2 Å². The summed E-state index contributed by atoms with van der Waals surface area (Å²) in [4.78, 5) is 23.1. The standard InChI is InChI=1S/C16H22O3/c1-10(11(2)15(18)19)14(17)12-6-8-13(9-7-12)16(3,4)5/h6-11H,1-5H3,(H,18,19). The highest BCUT2D eigenvalue weighted by molar-refractivity contribution is 5.99. The van der Waals surface area contributed by atoms with E-state index in [0.717, 1.165) is 5.56 Å². The molecule has 0 bridgehead atoms. The number of rotatable bonds is 4. The van der Waals surface area contributed by atoms with Crippen LogP contribution in [0.25, 0.3) is 0 Å². The number of carbonyl (C=O) groups is 2. The Morgan fingerprint density at radius 3 is 1.84 bits per heavy atom. The predicted octanol–water partition coefficient (Wildman–Crippen LogP) is 3.52. The Balaban J connectivity index is 2.93. The van der Waals surface area contributed by atoms with E-state index in [1.807, 2.05) is 12.1 Å². The first-order chi connectivity index (χ1) is 8.64. The lowest BCUT2D eigenvalue weighted by molar-refractivity contribution is -0.142. The van der Waals surface area contributed by atoms with Gasteiger partial charge in [0.15, 0.2) is 5.78 Å². The quantitative estimate of drug-likeness (QED) is 0.845. The zero-order valence-corrected chi connectivity index (χ0v) is 12.2. The van der Waals surface area contributed by atoms with Crippen molar-refractivity contribution in [2.45, 2.75) is 40.0 Å². The maximum absolute atomic E-state index is 12.2. The summed E-state index contributed by atoms with van der Waals surface area (Å²) in [5.74, 6) is -2.24. The van der Waals surface area contributed by atoms with Crippen LogP contribution in [0.5, 0.6) is 0 Å². The molecule has 0 aliphatic heterocycles. The van der Waals surface area contributed by atoms with Gasteiger partial charge in [0.05, 0.1) is 5.92 Å². The van der Waals surface area contributed by atoms with Gasteiger partial charge in [0.25, 0.3) is 0 Å². The van der Waals surface area contributed by atoms with Crippen molar-refractivity contribution in [3.05, 3.63) is 35.4 Å². The molecule has 104 valence electrons. The number of carboxylic acid groups (broad SMARTS) is 1. The first-order valence-electron chi connectivity index (χ1n) is 6.52. The van der Waals surface area contributed by atoms with Gasteiger partial charge in [-0.2, -0.15) is 0 Å². The van der Waals surface area contributed by atoms with Crippen molar-refractivity contribution < 1.29 is 14.7 Å². The average molecular weight is 262 g/mol. The van der Waals surface area contributed by atoms with E-state index in [4.69, 9.17) is 5.11 Å². The van der Waals surface area contributed by atoms with Crippen molar-refractivity contribution in [1.82, 2.24) is 0 Å². The van der Waals surface area contributed by atoms with E-state index in [9.17, 15) is 9.59 Å². The molecule has 3 nitrogen and oxygen atoms in total.